The summed E-state index contributed by atoms with van der Waals surface area (Å²) in [5.74, 6) is 0.432. The maximum atomic E-state index is 13.1. The molecule has 0 spiro atoms. The number of rotatable bonds is 5. The van der Waals surface area contributed by atoms with E-state index < -0.39 is 0 Å². The third kappa shape index (κ3) is 4.03. The van der Waals surface area contributed by atoms with Gasteiger partial charge in [0, 0.05) is 23.6 Å². The van der Waals surface area contributed by atoms with E-state index in [0.29, 0.717) is 38.1 Å². The third-order valence-electron chi connectivity index (χ3n) is 5.13. The molecule has 5 rings (SSSR count). The molecule has 33 heavy (non-hydrogen) atoms. The standard InChI is InChI=1S/C23H18N6O3S/c1-13-3-5-16(6-4-13)26-17(30)11-29-12-25-22-18(23(29)31)14(2)19(33-22)21-27-20(28-32-21)15-7-9-24-10-8-15/h3-10,12H,11H2,1-2H3,(H,26,30). The second-order valence-electron chi connectivity index (χ2n) is 7.49. The quantitative estimate of drug-likeness (QED) is 0.425. The van der Waals surface area contributed by atoms with E-state index in [1.165, 1.54) is 22.2 Å². The number of thiophene rings is 1. The summed E-state index contributed by atoms with van der Waals surface area (Å²) in [5, 5.41) is 7.26. The second kappa shape index (κ2) is 8.40. The highest BCUT2D eigenvalue weighted by atomic mass is 32.1. The average molecular weight is 459 g/mol. The number of nitrogens with zero attached hydrogens (tertiary/aromatic N) is 5. The van der Waals surface area contributed by atoms with Gasteiger partial charge in [-0.3, -0.25) is 19.1 Å². The maximum Gasteiger partial charge on any atom is 0.268 e. The number of amides is 1. The van der Waals surface area contributed by atoms with Gasteiger partial charge in [-0.15, -0.1) is 11.3 Å². The summed E-state index contributed by atoms with van der Waals surface area (Å²) in [6, 6.07) is 11.0. The van der Waals surface area contributed by atoms with Crippen LogP contribution in [0.1, 0.15) is 11.1 Å². The largest absolute Gasteiger partial charge is 0.333 e. The van der Waals surface area contributed by atoms with Crippen molar-refractivity contribution in [2.45, 2.75) is 20.4 Å². The van der Waals surface area contributed by atoms with Gasteiger partial charge < -0.3 is 9.84 Å². The Balaban J connectivity index is 1.44. The van der Waals surface area contributed by atoms with Gasteiger partial charge in [0.2, 0.25) is 11.7 Å². The number of nitrogens with one attached hydrogen (secondary N) is 1. The molecule has 1 amide bonds. The van der Waals surface area contributed by atoms with Crippen LogP contribution in [0.4, 0.5) is 5.69 Å². The maximum absolute atomic E-state index is 13.1. The summed E-state index contributed by atoms with van der Waals surface area (Å²) >= 11 is 1.30. The highest BCUT2D eigenvalue weighted by Gasteiger charge is 2.21. The first-order valence-corrected chi connectivity index (χ1v) is 10.9. The molecule has 10 heteroatoms. The Kier molecular flexibility index (Phi) is 5.27. The third-order valence-corrected chi connectivity index (χ3v) is 6.31. The molecule has 0 atom stereocenters. The molecule has 164 valence electrons. The van der Waals surface area contributed by atoms with Crippen molar-refractivity contribution >= 4 is 33.1 Å². The number of fused-ring (bicyclic) bond motifs is 1. The van der Waals surface area contributed by atoms with E-state index in [2.05, 4.69) is 25.4 Å². The van der Waals surface area contributed by atoms with Crippen molar-refractivity contribution in [2.75, 3.05) is 5.32 Å². The van der Waals surface area contributed by atoms with Gasteiger partial charge in [-0.05, 0) is 43.7 Å². The summed E-state index contributed by atoms with van der Waals surface area (Å²) in [6.45, 7) is 3.63. The fraction of sp³-hybridized carbons (Fsp3) is 0.130. The summed E-state index contributed by atoms with van der Waals surface area (Å²) in [4.78, 5) is 39.7. The van der Waals surface area contributed by atoms with Crippen molar-refractivity contribution in [2.24, 2.45) is 0 Å². The lowest BCUT2D eigenvalue weighted by molar-refractivity contribution is -0.116. The molecule has 4 aromatic heterocycles. The first kappa shape index (κ1) is 20.7. The van der Waals surface area contributed by atoms with Gasteiger partial charge in [0.05, 0.1) is 16.6 Å². The molecular formula is C23H18N6O3S. The SMILES string of the molecule is Cc1ccc(NC(=O)Cn2cnc3sc(-c4nc(-c5ccncc5)no4)c(C)c3c2=O)cc1. The molecule has 0 saturated heterocycles. The molecule has 0 fully saturated rings. The number of benzene rings is 1. The fourth-order valence-electron chi connectivity index (χ4n) is 3.40. The molecule has 0 aliphatic heterocycles. The predicted molar refractivity (Wildman–Crippen MR) is 125 cm³/mol. The highest BCUT2D eigenvalue weighted by Crippen LogP contribution is 2.35. The topological polar surface area (TPSA) is 116 Å². The van der Waals surface area contributed by atoms with Gasteiger partial charge in [0.15, 0.2) is 0 Å². The highest BCUT2D eigenvalue weighted by molar-refractivity contribution is 7.22. The first-order chi connectivity index (χ1) is 16.0. The van der Waals surface area contributed by atoms with Crippen molar-refractivity contribution in [1.29, 1.82) is 0 Å². The number of aryl methyl sites for hydroxylation is 2. The average Bonchev–Trinajstić information content (AvgIpc) is 3.43. The molecule has 0 saturated carbocycles. The summed E-state index contributed by atoms with van der Waals surface area (Å²) in [6.07, 6.45) is 4.68. The van der Waals surface area contributed by atoms with Gasteiger partial charge >= 0.3 is 0 Å². The molecule has 0 radical (unpaired) electrons. The molecule has 1 N–H and O–H groups in total. The number of carbonyl (C=O) groups excluding carboxylic acids is 1. The van der Waals surface area contributed by atoms with Crippen molar-refractivity contribution < 1.29 is 9.32 Å². The van der Waals surface area contributed by atoms with Crippen LogP contribution in [0.25, 0.3) is 32.4 Å². The van der Waals surface area contributed by atoms with E-state index in [1.54, 1.807) is 24.5 Å². The number of anilines is 1. The molecule has 0 unspecified atom stereocenters. The molecule has 0 aliphatic carbocycles. The van der Waals surface area contributed by atoms with Crippen molar-refractivity contribution in [1.82, 2.24) is 24.7 Å². The molecule has 5 aromatic rings. The lowest BCUT2D eigenvalue weighted by Gasteiger charge is -2.07. The van der Waals surface area contributed by atoms with Gasteiger partial charge in [-0.25, -0.2) is 4.98 Å². The Bertz CT molecular complexity index is 1520. The van der Waals surface area contributed by atoms with E-state index in [4.69, 9.17) is 4.52 Å². The minimum atomic E-state index is -0.311. The summed E-state index contributed by atoms with van der Waals surface area (Å²) in [7, 11) is 0. The van der Waals surface area contributed by atoms with Gasteiger partial charge in [-0.1, -0.05) is 22.9 Å². The van der Waals surface area contributed by atoms with Crippen LogP contribution in [-0.4, -0.2) is 30.6 Å². The van der Waals surface area contributed by atoms with E-state index in [9.17, 15) is 9.59 Å². The van der Waals surface area contributed by atoms with Crippen molar-refractivity contribution in [3.05, 3.63) is 76.6 Å². The van der Waals surface area contributed by atoms with Crippen LogP contribution in [0.5, 0.6) is 0 Å². The van der Waals surface area contributed by atoms with Gasteiger partial charge in [0.25, 0.3) is 11.4 Å². The van der Waals surface area contributed by atoms with Crippen LogP contribution in [-0.2, 0) is 11.3 Å². The van der Waals surface area contributed by atoms with Crippen molar-refractivity contribution in [3.8, 4) is 22.2 Å². The summed E-state index contributed by atoms with van der Waals surface area (Å²) in [5.41, 5.74) is 2.93. The number of pyridine rings is 1. The molecule has 1 aromatic carbocycles. The Labute approximate surface area is 191 Å². The number of hydrogen-bond acceptors (Lipinski definition) is 8. The van der Waals surface area contributed by atoms with Crippen LogP contribution in [0, 0.1) is 13.8 Å². The Morgan fingerprint density at radius 3 is 2.64 bits per heavy atom. The Hall–Kier alpha value is -4.18. The van der Waals surface area contributed by atoms with Gasteiger partial charge in [0.1, 0.15) is 11.4 Å². The normalized spacial score (nSPS) is 11.1. The first-order valence-electron chi connectivity index (χ1n) is 10.1. The van der Waals surface area contributed by atoms with E-state index in [0.717, 1.165) is 11.1 Å². The Morgan fingerprint density at radius 2 is 1.88 bits per heavy atom. The zero-order valence-electron chi connectivity index (χ0n) is 17.8. The van der Waals surface area contributed by atoms with Crippen molar-refractivity contribution in [3.63, 3.8) is 0 Å². The van der Waals surface area contributed by atoms with E-state index >= 15 is 0 Å². The fourth-order valence-corrected chi connectivity index (χ4v) is 4.46. The van der Waals surface area contributed by atoms with Crippen LogP contribution < -0.4 is 10.9 Å². The number of hydrogen-bond donors (Lipinski definition) is 1. The smallest absolute Gasteiger partial charge is 0.268 e. The van der Waals surface area contributed by atoms with E-state index in [-0.39, 0.29) is 18.0 Å². The minimum Gasteiger partial charge on any atom is -0.333 e. The van der Waals surface area contributed by atoms with Gasteiger partial charge in [-0.2, -0.15) is 4.98 Å². The molecule has 0 aliphatic rings. The zero-order valence-corrected chi connectivity index (χ0v) is 18.6. The van der Waals surface area contributed by atoms with E-state index in [1.807, 2.05) is 38.1 Å². The molecule has 9 nitrogen and oxygen atoms in total. The second-order valence-corrected chi connectivity index (χ2v) is 8.49. The van der Waals surface area contributed by atoms with Crippen LogP contribution in [0.3, 0.4) is 0 Å². The Morgan fingerprint density at radius 1 is 1.12 bits per heavy atom. The number of carbonyl (C=O) groups is 1. The monoisotopic (exact) mass is 458 g/mol. The predicted octanol–water partition coefficient (Wildman–Crippen LogP) is 3.83. The number of aromatic nitrogens is 5. The van der Waals surface area contributed by atoms with Crippen LogP contribution in [0.2, 0.25) is 0 Å². The molecule has 4 heterocycles. The minimum absolute atomic E-state index is 0.146. The molecular weight excluding hydrogens is 440 g/mol. The lowest BCUT2D eigenvalue weighted by Crippen LogP contribution is -2.27. The zero-order chi connectivity index (χ0) is 22.9. The molecule has 0 bridgehead atoms. The van der Waals surface area contributed by atoms with Crippen LogP contribution >= 0.6 is 11.3 Å². The lowest BCUT2D eigenvalue weighted by atomic mass is 10.2. The summed E-state index contributed by atoms with van der Waals surface area (Å²) < 4.78 is 6.75. The van der Waals surface area contributed by atoms with Crippen LogP contribution in [0.15, 0.2) is 64.4 Å².